The van der Waals surface area contributed by atoms with Crippen LogP contribution in [0.5, 0.6) is 11.5 Å². The van der Waals surface area contributed by atoms with Crippen molar-refractivity contribution in [2.45, 2.75) is 26.6 Å². The Morgan fingerprint density at radius 1 is 1.46 bits per heavy atom. The van der Waals surface area contributed by atoms with Crippen LogP contribution in [-0.4, -0.2) is 33.4 Å². The summed E-state index contributed by atoms with van der Waals surface area (Å²) in [6.07, 6.45) is 2.43. The smallest absolute Gasteiger partial charge is 0.265 e. The average Bonchev–Trinajstić information content (AvgIpc) is 2.57. The quantitative estimate of drug-likeness (QED) is 0.749. The lowest BCUT2D eigenvalue weighted by atomic mass is 10.1. The minimum atomic E-state index is -0.532. The predicted molar refractivity (Wildman–Crippen MR) is 89.0 cm³/mol. The highest BCUT2D eigenvalue weighted by Crippen LogP contribution is 2.33. The zero-order chi connectivity index (χ0) is 17.3. The van der Waals surface area contributed by atoms with Crippen molar-refractivity contribution in [3.8, 4) is 11.5 Å². The third kappa shape index (κ3) is 2.93. The minimum absolute atomic E-state index is 0.0197. The Hall–Kier alpha value is -2.93. The van der Waals surface area contributed by atoms with Gasteiger partial charge in [0.25, 0.3) is 5.91 Å². The molecule has 0 bridgehead atoms. The number of hydrogen-bond donors (Lipinski definition) is 3. The highest BCUT2D eigenvalue weighted by Gasteiger charge is 2.23. The van der Waals surface area contributed by atoms with Crippen molar-refractivity contribution in [3.05, 3.63) is 41.2 Å². The highest BCUT2D eigenvalue weighted by molar-refractivity contribution is 5.98. The van der Waals surface area contributed by atoms with Crippen LogP contribution in [0.2, 0.25) is 0 Å². The fraction of sp³-hybridized carbons (Fsp3) is 0.235. The molecule has 1 aromatic heterocycles. The van der Waals surface area contributed by atoms with E-state index in [4.69, 9.17) is 4.74 Å². The lowest BCUT2D eigenvalue weighted by Crippen LogP contribution is -2.34. The number of anilines is 1. The molecule has 2 aromatic rings. The molecule has 0 radical (unpaired) electrons. The van der Waals surface area contributed by atoms with Crippen LogP contribution < -0.4 is 10.1 Å². The molecule has 124 valence electrons. The van der Waals surface area contributed by atoms with Gasteiger partial charge in [-0.15, -0.1) is 0 Å². The van der Waals surface area contributed by atoms with Crippen molar-refractivity contribution in [1.29, 1.82) is 0 Å². The molecular weight excluding hydrogens is 310 g/mol. The summed E-state index contributed by atoms with van der Waals surface area (Å²) in [6, 6.07) is 5.14. The van der Waals surface area contributed by atoms with Gasteiger partial charge in [0, 0.05) is 23.5 Å². The second kappa shape index (κ2) is 6.29. The van der Waals surface area contributed by atoms with Crippen LogP contribution in [0.3, 0.4) is 0 Å². The first-order chi connectivity index (χ1) is 11.5. The van der Waals surface area contributed by atoms with Crippen molar-refractivity contribution in [1.82, 2.24) is 4.98 Å². The fourth-order valence-corrected chi connectivity index (χ4v) is 2.34. The molecule has 2 heterocycles. The van der Waals surface area contributed by atoms with Crippen molar-refractivity contribution < 1.29 is 19.7 Å². The molecule has 0 saturated heterocycles. The van der Waals surface area contributed by atoms with Crippen LogP contribution in [0.15, 0.2) is 29.4 Å². The van der Waals surface area contributed by atoms with Gasteiger partial charge < -0.3 is 20.3 Å². The molecule has 1 atom stereocenters. The summed E-state index contributed by atoms with van der Waals surface area (Å²) in [5, 5.41) is 22.2. The van der Waals surface area contributed by atoms with Gasteiger partial charge in [-0.3, -0.25) is 14.8 Å². The minimum Gasteiger partial charge on any atom is -0.505 e. The Balaban J connectivity index is 1.93. The predicted octanol–water partition coefficient (Wildman–Crippen LogP) is 2.06. The number of carbonyl (C=O) groups excluding carboxylic acids is 1. The number of aliphatic imine (C=N–C) groups is 1. The number of aliphatic hydroxyl groups excluding tert-OH is 1. The van der Waals surface area contributed by atoms with Gasteiger partial charge in [0.15, 0.2) is 6.10 Å². The third-order valence-corrected chi connectivity index (χ3v) is 3.76. The zero-order valence-electron chi connectivity index (χ0n) is 13.3. The van der Waals surface area contributed by atoms with Crippen LogP contribution >= 0.6 is 0 Å². The van der Waals surface area contributed by atoms with E-state index in [9.17, 15) is 15.0 Å². The molecule has 1 aromatic carbocycles. The van der Waals surface area contributed by atoms with Crippen molar-refractivity contribution in [2.24, 2.45) is 4.99 Å². The van der Waals surface area contributed by atoms with Crippen LogP contribution in [0.25, 0.3) is 0 Å². The normalized spacial score (nSPS) is 16.6. The van der Waals surface area contributed by atoms with E-state index in [1.807, 2.05) is 0 Å². The second-order valence-corrected chi connectivity index (χ2v) is 5.48. The molecule has 3 N–H and O–H groups in total. The first kappa shape index (κ1) is 15.9. The van der Waals surface area contributed by atoms with E-state index < -0.39 is 6.10 Å². The molecule has 1 amide bonds. The molecule has 24 heavy (non-hydrogen) atoms. The Morgan fingerprint density at radius 2 is 2.25 bits per heavy atom. The lowest BCUT2D eigenvalue weighted by Gasteiger charge is -2.23. The number of pyridine rings is 1. The number of nitrogens with zero attached hydrogens (tertiary/aromatic N) is 2. The number of aliphatic hydroxyl groups is 1. The summed E-state index contributed by atoms with van der Waals surface area (Å²) < 4.78 is 5.49. The van der Waals surface area contributed by atoms with E-state index in [0.29, 0.717) is 33.9 Å². The molecule has 1 aliphatic rings. The zero-order valence-corrected chi connectivity index (χ0v) is 13.3. The van der Waals surface area contributed by atoms with Gasteiger partial charge in [-0.25, -0.2) is 0 Å². The Labute approximate surface area is 138 Å². The van der Waals surface area contributed by atoms with Gasteiger partial charge in [0.1, 0.15) is 11.5 Å². The standard InChI is InChI=1S/C17H17N3O4/c1-9-16(22)13(11(8-21)6-18-9)7-19-12-3-4-15-14(5-12)20-17(23)10(2)24-15/h3-7,10,21-22H,8H2,1-2H3,(H,20,23)/t10-/m1/s1. The number of nitrogens with one attached hydrogen (secondary N) is 1. The molecule has 7 nitrogen and oxygen atoms in total. The number of carbonyl (C=O) groups is 1. The van der Waals surface area contributed by atoms with Crippen molar-refractivity contribution in [3.63, 3.8) is 0 Å². The van der Waals surface area contributed by atoms with Gasteiger partial charge in [-0.05, 0) is 32.0 Å². The van der Waals surface area contributed by atoms with E-state index in [1.165, 1.54) is 12.4 Å². The van der Waals surface area contributed by atoms with E-state index in [1.54, 1.807) is 32.0 Å². The number of fused-ring (bicyclic) bond motifs is 1. The summed E-state index contributed by atoms with van der Waals surface area (Å²) in [5.74, 6) is 0.349. The fourth-order valence-electron chi connectivity index (χ4n) is 2.34. The Kier molecular flexibility index (Phi) is 4.18. The summed E-state index contributed by atoms with van der Waals surface area (Å²) >= 11 is 0. The van der Waals surface area contributed by atoms with Crippen LogP contribution in [0.1, 0.15) is 23.7 Å². The number of amides is 1. The maximum absolute atomic E-state index is 11.7. The second-order valence-electron chi connectivity index (χ2n) is 5.48. The van der Waals surface area contributed by atoms with Gasteiger partial charge in [0.2, 0.25) is 0 Å². The largest absolute Gasteiger partial charge is 0.505 e. The summed E-state index contributed by atoms with van der Waals surface area (Å²) in [7, 11) is 0. The van der Waals surface area contributed by atoms with Crippen molar-refractivity contribution >= 4 is 23.5 Å². The molecule has 1 aliphatic heterocycles. The van der Waals surface area contributed by atoms with E-state index in [0.717, 1.165) is 0 Å². The van der Waals surface area contributed by atoms with E-state index in [2.05, 4.69) is 15.3 Å². The molecule has 0 saturated carbocycles. The molecule has 0 fully saturated rings. The van der Waals surface area contributed by atoms with Crippen molar-refractivity contribution in [2.75, 3.05) is 5.32 Å². The molecular formula is C17H17N3O4. The number of ether oxygens (including phenoxy) is 1. The summed E-state index contributed by atoms with van der Waals surface area (Å²) in [4.78, 5) is 20.0. The summed E-state index contributed by atoms with van der Waals surface area (Å²) in [5.41, 5.74) is 2.46. The first-order valence-corrected chi connectivity index (χ1v) is 7.43. The highest BCUT2D eigenvalue weighted by atomic mass is 16.5. The Morgan fingerprint density at radius 3 is 3.00 bits per heavy atom. The topological polar surface area (TPSA) is 104 Å². The average molecular weight is 327 g/mol. The van der Waals surface area contributed by atoms with Gasteiger partial charge >= 0.3 is 0 Å². The van der Waals surface area contributed by atoms with Gasteiger partial charge in [0.05, 0.1) is 23.7 Å². The number of aromatic hydroxyl groups is 1. The van der Waals surface area contributed by atoms with E-state index in [-0.39, 0.29) is 18.3 Å². The van der Waals surface area contributed by atoms with Crippen LogP contribution in [-0.2, 0) is 11.4 Å². The SMILES string of the molecule is Cc1ncc(CO)c(C=Nc2ccc3c(c2)NC(=O)[C@@H](C)O3)c1O. The molecule has 3 rings (SSSR count). The monoisotopic (exact) mass is 327 g/mol. The van der Waals surface area contributed by atoms with Crippen LogP contribution in [0.4, 0.5) is 11.4 Å². The molecule has 7 heteroatoms. The lowest BCUT2D eigenvalue weighted by molar-refractivity contribution is -0.122. The molecule has 0 spiro atoms. The van der Waals surface area contributed by atoms with Crippen LogP contribution in [0, 0.1) is 6.92 Å². The molecule has 0 aliphatic carbocycles. The first-order valence-electron chi connectivity index (χ1n) is 7.43. The number of hydrogen-bond acceptors (Lipinski definition) is 6. The number of aromatic nitrogens is 1. The van der Waals surface area contributed by atoms with E-state index >= 15 is 0 Å². The van der Waals surface area contributed by atoms with Gasteiger partial charge in [-0.2, -0.15) is 0 Å². The Bertz CT molecular complexity index is 833. The maximum atomic E-state index is 11.7. The third-order valence-electron chi connectivity index (χ3n) is 3.76. The molecule has 0 unspecified atom stereocenters. The maximum Gasteiger partial charge on any atom is 0.265 e. The van der Waals surface area contributed by atoms with Gasteiger partial charge in [-0.1, -0.05) is 0 Å². The number of aryl methyl sites for hydroxylation is 1. The number of benzene rings is 1. The number of rotatable bonds is 3. The summed E-state index contributed by atoms with van der Waals surface area (Å²) in [6.45, 7) is 3.09.